The summed E-state index contributed by atoms with van der Waals surface area (Å²) in [6, 6.07) is 3.41. The van der Waals surface area contributed by atoms with E-state index >= 15 is 0 Å². The number of hydrogen-bond acceptors (Lipinski definition) is 5. The minimum Gasteiger partial charge on any atom is -0.302 e. The van der Waals surface area contributed by atoms with Gasteiger partial charge in [-0.3, -0.25) is 9.52 Å². The van der Waals surface area contributed by atoms with Gasteiger partial charge in [-0.25, -0.2) is 13.4 Å². The quantitative estimate of drug-likeness (QED) is 0.906. The lowest BCUT2D eigenvalue weighted by atomic mass is 10.2. The van der Waals surface area contributed by atoms with E-state index < -0.39 is 10.0 Å². The molecule has 0 aliphatic carbocycles. The highest BCUT2D eigenvalue weighted by Crippen LogP contribution is 2.31. The number of benzene rings is 1. The molecule has 0 saturated carbocycles. The number of aryl methyl sites for hydroxylation is 1. The summed E-state index contributed by atoms with van der Waals surface area (Å²) >= 11 is 1.30. The van der Waals surface area contributed by atoms with Crippen molar-refractivity contribution in [1.82, 2.24) is 4.98 Å². The number of fused-ring (bicyclic) bond motifs is 1. The van der Waals surface area contributed by atoms with Crippen molar-refractivity contribution >= 4 is 48.3 Å². The molecule has 0 saturated heterocycles. The average molecular weight is 299 g/mol. The fourth-order valence-corrected chi connectivity index (χ4v) is 3.25. The van der Waals surface area contributed by atoms with Crippen LogP contribution in [0.1, 0.15) is 12.5 Å². The van der Waals surface area contributed by atoms with Crippen LogP contribution >= 0.6 is 11.3 Å². The first-order valence-corrected chi connectivity index (χ1v) is 8.12. The third-order valence-corrected chi connectivity index (χ3v) is 3.80. The van der Waals surface area contributed by atoms with Gasteiger partial charge in [0.1, 0.15) is 0 Å². The number of anilines is 2. The van der Waals surface area contributed by atoms with Gasteiger partial charge >= 0.3 is 0 Å². The highest BCUT2D eigenvalue weighted by atomic mass is 32.2. The summed E-state index contributed by atoms with van der Waals surface area (Å²) in [5, 5.41) is 3.12. The monoisotopic (exact) mass is 299 g/mol. The molecule has 8 heteroatoms. The van der Waals surface area contributed by atoms with Crippen LogP contribution in [0, 0.1) is 6.92 Å². The van der Waals surface area contributed by atoms with Gasteiger partial charge in [0.05, 0.1) is 22.2 Å². The lowest BCUT2D eigenvalue weighted by Crippen LogP contribution is -2.09. The maximum absolute atomic E-state index is 11.2. The summed E-state index contributed by atoms with van der Waals surface area (Å²) in [7, 11) is -3.31. The molecule has 2 rings (SSSR count). The van der Waals surface area contributed by atoms with Crippen LogP contribution in [0.4, 0.5) is 10.8 Å². The zero-order chi connectivity index (χ0) is 14.2. The molecule has 0 fully saturated rings. The molecule has 2 aromatic rings. The summed E-state index contributed by atoms with van der Waals surface area (Å²) in [6.07, 6.45) is 1.10. The predicted octanol–water partition coefficient (Wildman–Crippen LogP) is 1.93. The number of carbonyl (C=O) groups excluding carboxylic acids is 1. The van der Waals surface area contributed by atoms with E-state index in [1.54, 1.807) is 12.1 Å². The van der Waals surface area contributed by atoms with Crippen molar-refractivity contribution in [3.63, 3.8) is 0 Å². The molecular weight excluding hydrogens is 286 g/mol. The Morgan fingerprint density at radius 1 is 1.37 bits per heavy atom. The van der Waals surface area contributed by atoms with Crippen LogP contribution in [0.25, 0.3) is 10.2 Å². The summed E-state index contributed by atoms with van der Waals surface area (Å²) in [6.45, 7) is 3.25. The van der Waals surface area contributed by atoms with E-state index in [0.717, 1.165) is 22.0 Å². The summed E-state index contributed by atoms with van der Waals surface area (Å²) < 4.78 is 25.7. The van der Waals surface area contributed by atoms with Crippen molar-refractivity contribution in [3.8, 4) is 0 Å². The first-order valence-electron chi connectivity index (χ1n) is 5.41. The second-order valence-electron chi connectivity index (χ2n) is 4.21. The number of sulfonamides is 1. The molecule has 0 aliphatic heterocycles. The van der Waals surface area contributed by atoms with Gasteiger partial charge in [0, 0.05) is 6.92 Å². The van der Waals surface area contributed by atoms with Gasteiger partial charge < -0.3 is 5.32 Å². The second-order valence-corrected chi connectivity index (χ2v) is 6.99. The molecule has 1 heterocycles. The average Bonchev–Trinajstić information content (AvgIpc) is 2.56. The zero-order valence-electron chi connectivity index (χ0n) is 10.6. The normalized spacial score (nSPS) is 11.5. The molecule has 0 radical (unpaired) electrons. The van der Waals surface area contributed by atoms with Gasteiger partial charge in [0.2, 0.25) is 15.9 Å². The highest BCUT2D eigenvalue weighted by molar-refractivity contribution is 7.92. The van der Waals surface area contributed by atoms with Crippen LogP contribution in [0.3, 0.4) is 0 Å². The first kappa shape index (κ1) is 13.8. The molecule has 102 valence electrons. The fourth-order valence-electron chi connectivity index (χ4n) is 1.67. The molecule has 1 amide bonds. The minimum absolute atomic E-state index is 0.189. The molecule has 6 nitrogen and oxygen atoms in total. The number of hydrogen-bond donors (Lipinski definition) is 2. The summed E-state index contributed by atoms with van der Waals surface area (Å²) in [4.78, 5) is 15.3. The number of thiazole rings is 1. The molecule has 0 bridgehead atoms. The van der Waals surface area contributed by atoms with Gasteiger partial charge in [-0.05, 0) is 24.6 Å². The molecule has 0 aliphatic rings. The van der Waals surface area contributed by atoms with E-state index in [-0.39, 0.29) is 5.91 Å². The fraction of sp³-hybridized carbons (Fsp3) is 0.273. The number of rotatable bonds is 3. The van der Waals surface area contributed by atoms with E-state index in [1.165, 1.54) is 18.3 Å². The minimum atomic E-state index is -3.31. The third-order valence-electron chi connectivity index (χ3n) is 2.27. The van der Waals surface area contributed by atoms with Gasteiger partial charge in [0.15, 0.2) is 5.13 Å². The van der Waals surface area contributed by atoms with Gasteiger partial charge in [-0.1, -0.05) is 11.3 Å². The lowest BCUT2D eigenvalue weighted by molar-refractivity contribution is -0.114. The molecule has 0 atom stereocenters. The summed E-state index contributed by atoms with van der Waals surface area (Å²) in [5.74, 6) is -0.189. The molecule has 2 N–H and O–H groups in total. The zero-order valence-corrected chi connectivity index (χ0v) is 12.3. The smallest absolute Gasteiger partial charge is 0.229 e. The molecule has 1 aromatic heterocycles. The van der Waals surface area contributed by atoms with Crippen LogP contribution in [-0.4, -0.2) is 25.6 Å². The van der Waals surface area contributed by atoms with Crippen molar-refractivity contribution in [2.24, 2.45) is 0 Å². The summed E-state index contributed by atoms with van der Waals surface area (Å²) in [5.41, 5.74) is 2.09. The van der Waals surface area contributed by atoms with Gasteiger partial charge in [-0.2, -0.15) is 0 Å². The van der Waals surface area contributed by atoms with Crippen molar-refractivity contribution in [2.75, 3.05) is 16.3 Å². The Hall–Kier alpha value is -1.67. The van der Waals surface area contributed by atoms with Crippen LogP contribution < -0.4 is 10.0 Å². The molecule has 19 heavy (non-hydrogen) atoms. The number of nitrogens with zero attached hydrogens (tertiary/aromatic N) is 1. The van der Waals surface area contributed by atoms with Crippen molar-refractivity contribution in [2.45, 2.75) is 13.8 Å². The first-order chi connectivity index (χ1) is 8.74. The van der Waals surface area contributed by atoms with Crippen LogP contribution in [0.15, 0.2) is 12.1 Å². The van der Waals surface area contributed by atoms with Crippen molar-refractivity contribution in [3.05, 3.63) is 17.7 Å². The Bertz CT molecular complexity index is 750. The Morgan fingerprint density at radius 2 is 2.05 bits per heavy atom. The Balaban J connectivity index is 2.47. The van der Waals surface area contributed by atoms with E-state index in [1.807, 2.05) is 6.92 Å². The van der Waals surface area contributed by atoms with E-state index in [9.17, 15) is 13.2 Å². The van der Waals surface area contributed by atoms with E-state index in [2.05, 4.69) is 15.0 Å². The SMILES string of the molecule is CC(=O)Nc1nc2c(C)cc(NS(C)(=O)=O)cc2s1. The number of carbonyl (C=O) groups is 1. The molecular formula is C11H13N3O3S2. The Kier molecular flexibility index (Phi) is 3.46. The largest absolute Gasteiger partial charge is 0.302 e. The second kappa shape index (κ2) is 4.78. The van der Waals surface area contributed by atoms with Gasteiger partial charge in [-0.15, -0.1) is 0 Å². The maximum Gasteiger partial charge on any atom is 0.229 e. The standard InChI is InChI=1S/C11H13N3O3S2/c1-6-4-8(14-19(3,16)17)5-9-10(6)13-11(18-9)12-7(2)15/h4-5,14H,1-3H3,(H,12,13,15). The Labute approximate surface area is 114 Å². The predicted molar refractivity (Wildman–Crippen MR) is 77.1 cm³/mol. The van der Waals surface area contributed by atoms with Crippen LogP contribution in [0.5, 0.6) is 0 Å². The van der Waals surface area contributed by atoms with Crippen LogP contribution in [0.2, 0.25) is 0 Å². The highest BCUT2D eigenvalue weighted by Gasteiger charge is 2.10. The molecule has 1 aromatic carbocycles. The molecule has 0 spiro atoms. The number of aromatic nitrogens is 1. The van der Waals surface area contributed by atoms with Crippen LogP contribution in [-0.2, 0) is 14.8 Å². The van der Waals surface area contributed by atoms with Crippen molar-refractivity contribution < 1.29 is 13.2 Å². The topological polar surface area (TPSA) is 88.2 Å². The third kappa shape index (κ3) is 3.42. The number of nitrogens with one attached hydrogen (secondary N) is 2. The maximum atomic E-state index is 11.2. The Morgan fingerprint density at radius 3 is 2.63 bits per heavy atom. The van der Waals surface area contributed by atoms with E-state index in [4.69, 9.17) is 0 Å². The van der Waals surface area contributed by atoms with Crippen molar-refractivity contribution in [1.29, 1.82) is 0 Å². The lowest BCUT2D eigenvalue weighted by Gasteiger charge is -2.04. The van der Waals surface area contributed by atoms with E-state index in [0.29, 0.717) is 10.8 Å². The number of amides is 1. The van der Waals surface area contributed by atoms with Gasteiger partial charge in [0.25, 0.3) is 0 Å². The molecule has 0 unspecified atom stereocenters.